The Hall–Kier alpha value is -2.06. The van der Waals surface area contributed by atoms with Gasteiger partial charge < -0.3 is 20.2 Å². The number of carboxylic acids is 2. The normalized spacial score (nSPS) is 10.6. The number of H-pyrrole nitrogens is 2. The van der Waals surface area contributed by atoms with Gasteiger partial charge in [-0.15, -0.1) is 0 Å². The molecule has 0 spiro atoms. The van der Waals surface area contributed by atoms with E-state index in [4.69, 9.17) is 34.6 Å². The van der Waals surface area contributed by atoms with Gasteiger partial charge in [0.1, 0.15) is 9.28 Å². The van der Waals surface area contributed by atoms with Crippen molar-refractivity contribution in [3.8, 4) is 0 Å². The average molecular weight is 453 g/mol. The third-order valence-corrected chi connectivity index (χ3v) is 5.20. The number of hydrogen-bond donors (Lipinski definition) is 4. The van der Waals surface area contributed by atoms with Crippen LogP contribution in [0.25, 0.3) is 11.0 Å². The lowest BCUT2D eigenvalue weighted by Gasteiger charge is -2.06. The maximum absolute atomic E-state index is 10.1. The van der Waals surface area contributed by atoms with Gasteiger partial charge in [0.05, 0.1) is 11.0 Å². The van der Waals surface area contributed by atoms with E-state index in [-0.39, 0.29) is 12.8 Å². The molecule has 2 aromatic rings. The Morgan fingerprint density at radius 2 is 1.30 bits per heavy atom. The topological polar surface area (TPSA) is 106 Å². The molecule has 6 nitrogen and oxygen atoms in total. The van der Waals surface area contributed by atoms with Crippen molar-refractivity contribution < 1.29 is 19.8 Å². The molecule has 0 amide bonds. The van der Waals surface area contributed by atoms with Crippen molar-refractivity contribution in [3.63, 3.8) is 0 Å². The molecular weight excluding hydrogens is 420 g/mol. The minimum Gasteiger partial charge on any atom is -0.481 e. The fraction of sp³-hybridized carbons (Fsp3) is 0.545. The number of rotatable bonds is 11. The highest BCUT2D eigenvalue weighted by Crippen LogP contribution is 2.15. The number of carboxylic acid groups (broad SMARTS) is 2. The number of fused-ring (bicyclic) bond motifs is 1. The van der Waals surface area contributed by atoms with E-state index in [1.54, 1.807) is 0 Å². The molecule has 30 heavy (non-hydrogen) atoms. The van der Waals surface area contributed by atoms with E-state index in [2.05, 4.69) is 35.9 Å². The van der Waals surface area contributed by atoms with E-state index >= 15 is 0 Å². The molecular formula is C22H32N2O4S2. The van der Waals surface area contributed by atoms with Gasteiger partial charge >= 0.3 is 11.9 Å². The molecule has 1 aromatic carbocycles. The van der Waals surface area contributed by atoms with Crippen molar-refractivity contribution in [1.82, 2.24) is 9.97 Å². The summed E-state index contributed by atoms with van der Waals surface area (Å²) in [5.74, 6) is -0.825. The molecule has 166 valence electrons. The zero-order valence-electron chi connectivity index (χ0n) is 17.7. The Kier molecular flexibility index (Phi) is 12.2. The molecule has 0 atom stereocenters. The third kappa shape index (κ3) is 11.2. The number of nitrogens with one attached hydrogen (secondary N) is 2. The summed E-state index contributed by atoms with van der Waals surface area (Å²) in [4.78, 5) is 26.6. The summed E-state index contributed by atoms with van der Waals surface area (Å²) in [5, 5.41) is 16.7. The number of aromatic nitrogens is 2. The minimum atomic E-state index is -0.740. The Balaban J connectivity index is 0.000000304. The van der Waals surface area contributed by atoms with Gasteiger partial charge in [0, 0.05) is 12.8 Å². The van der Waals surface area contributed by atoms with Crippen LogP contribution in [-0.4, -0.2) is 32.1 Å². The van der Waals surface area contributed by atoms with Crippen LogP contribution in [-0.2, 0) is 16.0 Å². The molecule has 0 aliphatic rings. The van der Waals surface area contributed by atoms with Gasteiger partial charge in [0.25, 0.3) is 0 Å². The van der Waals surface area contributed by atoms with Gasteiger partial charge in [0.2, 0.25) is 0 Å². The summed E-state index contributed by atoms with van der Waals surface area (Å²) >= 11 is 10.2. The van der Waals surface area contributed by atoms with Gasteiger partial charge in [-0.1, -0.05) is 70.0 Å². The van der Waals surface area contributed by atoms with Gasteiger partial charge in [-0.25, -0.2) is 0 Å². The monoisotopic (exact) mass is 452 g/mol. The summed E-state index contributed by atoms with van der Waals surface area (Å²) in [6.45, 7) is 4.43. The van der Waals surface area contributed by atoms with Crippen molar-refractivity contribution in [1.29, 1.82) is 0 Å². The van der Waals surface area contributed by atoms with Crippen LogP contribution in [0.1, 0.15) is 70.8 Å². The molecule has 0 bridgehead atoms. The van der Waals surface area contributed by atoms with Crippen LogP contribution in [0.15, 0.2) is 18.2 Å². The van der Waals surface area contributed by atoms with Crippen molar-refractivity contribution in [2.45, 2.75) is 71.6 Å². The fourth-order valence-corrected chi connectivity index (χ4v) is 3.34. The first-order valence-corrected chi connectivity index (χ1v) is 11.2. The molecule has 0 saturated carbocycles. The zero-order valence-corrected chi connectivity index (χ0v) is 19.3. The Bertz CT molecular complexity index is 915. The zero-order chi connectivity index (χ0) is 22.5. The van der Waals surface area contributed by atoms with Crippen LogP contribution in [0.5, 0.6) is 0 Å². The maximum atomic E-state index is 10.1. The molecule has 1 aromatic heterocycles. The van der Waals surface area contributed by atoms with Crippen molar-refractivity contribution >= 4 is 47.4 Å². The quantitative estimate of drug-likeness (QED) is 0.231. The molecule has 0 radical (unpaired) electrons. The van der Waals surface area contributed by atoms with Crippen LogP contribution >= 0.6 is 24.4 Å². The maximum Gasteiger partial charge on any atom is 0.303 e. The lowest BCUT2D eigenvalue weighted by molar-refractivity contribution is -0.138. The van der Waals surface area contributed by atoms with Crippen LogP contribution in [0.3, 0.4) is 0 Å². The standard InChI is InChI=1S/C12H14N2S2.C10H18O4/c1-7(2)5-8-3-4-9-10(6-8)14-12(16)11(15)13-9;11-9(12)7-5-3-1-2-4-6-8-10(13)14/h3-4,6-7H,5H2,1-2H3,(H,13,15)(H,14,16);1-8H2,(H,11,12)(H,13,14). The first-order chi connectivity index (χ1) is 14.2. The first-order valence-electron chi connectivity index (χ1n) is 10.4. The number of unbranched alkanes of at least 4 members (excludes halogenated alkanes) is 5. The number of benzene rings is 1. The van der Waals surface area contributed by atoms with Gasteiger partial charge in [-0.2, -0.15) is 0 Å². The molecule has 0 unspecified atom stereocenters. The van der Waals surface area contributed by atoms with Crippen molar-refractivity contribution in [2.24, 2.45) is 5.92 Å². The summed E-state index contributed by atoms with van der Waals surface area (Å²) in [7, 11) is 0. The van der Waals surface area contributed by atoms with E-state index in [1.165, 1.54) is 5.56 Å². The predicted octanol–water partition coefficient (Wildman–Crippen LogP) is 6.43. The molecule has 0 aliphatic heterocycles. The summed E-state index contributed by atoms with van der Waals surface area (Å²) in [6.07, 6.45) is 6.90. The Morgan fingerprint density at radius 3 is 1.77 bits per heavy atom. The molecule has 8 heteroatoms. The molecule has 0 aliphatic carbocycles. The van der Waals surface area contributed by atoms with Gasteiger partial charge in [0.15, 0.2) is 0 Å². The lowest BCUT2D eigenvalue weighted by Crippen LogP contribution is -1.95. The molecule has 1 heterocycles. The molecule has 2 rings (SSSR count). The van der Waals surface area contributed by atoms with Crippen molar-refractivity contribution in [3.05, 3.63) is 33.0 Å². The number of carbonyl (C=O) groups is 2. The minimum absolute atomic E-state index is 0.245. The Labute approximate surface area is 187 Å². The predicted molar refractivity (Wildman–Crippen MR) is 125 cm³/mol. The second kappa shape index (κ2) is 14.0. The van der Waals surface area contributed by atoms with E-state index in [0.717, 1.165) is 56.0 Å². The lowest BCUT2D eigenvalue weighted by atomic mass is 10.0. The van der Waals surface area contributed by atoms with E-state index in [1.807, 2.05) is 6.07 Å². The largest absolute Gasteiger partial charge is 0.481 e. The molecule has 0 fully saturated rings. The number of aromatic amines is 2. The van der Waals surface area contributed by atoms with Crippen LogP contribution in [0.2, 0.25) is 0 Å². The van der Waals surface area contributed by atoms with Gasteiger partial charge in [-0.05, 0) is 42.9 Å². The van der Waals surface area contributed by atoms with Crippen LogP contribution < -0.4 is 0 Å². The third-order valence-electron chi connectivity index (χ3n) is 4.46. The number of aliphatic carboxylic acids is 2. The second-order valence-corrected chi connectivity index (χ2v) is 8.61. The highest BCUT2D eigenvalue weighted by Gasteiger charge is 2.01. The van der Waals surface area contributed by atoms with Crippen LogP contribution in [0, 0.1) is 15.2 Å². The average Bonchev–Trinajstić information content (AvgIpc) is 2.64. The SMILES string of the molecule is CC(C)Cc1ccc2[nH]c(=S)c(=S)[nH]c2c1.O=C(O)CCCCCCCCC(=O)O. The smallest absolute Gasteiger partial charge is 0.303 e. The Morgan fingerprint density at radius 1 is 0.833 bits per heavy atom. The molecule has 4 N–H and O–H groups in total. The van der Waals surface area contributed by atoms with Crippen molar-refractivity contribution in [2.75, 3.05) is 0 Å². The summed E-state index contributed by atoms with van der Waals surface area (Å²) < 4.78 is 1.20. The number of hydrogen-bond acceptors (Lipinski definition) is 4. The fourth-order valence-electron chi connectivity index (χ4n) is 3.02. The van der Waals surface area contributed by atoms with Crippen LogP contribution in [0.4, 0.5) is 0 Å². The first kappa shape index (κ1) is 26.0. The van der Waals surface area contributed by atoms with E-state index in [0.29, 0.717) is 15.2 Å². The van der Waals surface area contributed by atoms with E-state index in [9.17, 15) is 9.59 Å². The summed E-state index contributed by atoms with van der Waals surface area (Å²) in [6, 6.07) is 6.31. The van der Waals surface area contributed by atoms with E-state index < -0.39 is 11.9 Å². The highest BCUT2D eigenvalue weighted by atomic mass is 32.1. The van der Waals surface area contributed by atoms with Gasteiger partial charge in [-0.3, -0.25) is 9.59 Å². The highest BCUT2D eigenvalue weighted by molar-refractivity contribution is 7.73. The summed E-state index contributed by atoms with van der Waals surface area (Å²) in [5.41, 5.74) is 3.35. The second-order valence-electron chi connectivity index (χ2n) is 7.79. The molecule has 0 saturated heterocycles.